The molecule has 4 heteroatoms. The second-order valence-electron chi connectivity index (χ2n) is 4.79. The second-order valence-corrected chi connectivity index (χ2v) is 4.79. The molecule has 106 valence electrons. The first-order valence-corrected chi connectivity index (χ1v) is 6.51. The van der Waals surface area contributed by atoms with Crippen LogP contribution in [0.4, 0.5) is 0 Å². The van der Waals surface area contributed by atoms with Gasteiger partial charge in [0, 0.05) is 17.2 Å². The quantitative estimate of drug-likeness (QED) is 0.781. The molecule has 0 bridgehead atoms. The van der Waals surface area contributed by atoms with Gasteiger partial charge in [-0.2, -0.15) is 0 Å². The topological polar surface area (TPSA) is 59.7 Å². The molecule has 0 aliphatic rings. The van der Waals surface area contributed by atoms with Crippen LogP contribution < -0.4 is 10.2 Å². The van der Waals surface area contributed by atoms with Crippen LogP contribution in [-0.4, -0.2) is 12.2 Å². The van der Waals surface area contributed by atoms with Crippen LogP contribution in [0.2, 0.25) is 0 Å². The standard InChI is InChI=1S/C17H14O4/c1-10-16(19)14-8-7-13(20-2)9-15(14)21-17(10)11-3-5-12(18)6-4-11/h3-9,18H,1-2H3. The molecule has 0 amide bonds. The summed E-state index contributed by atoms with van der Waals surface area (Å²) < 4.78 is 11.0. The van der Waals surface area contributed by atoms with Gasteiger partial charge in [-0.15, -0.1) is 0 Å². The SMILES string of the molecule is COc1ccc2c(=O)c(C)c(-c3ccc(O)cc3)oc2c1. The predicted octanol–water partition coefficient (Wildman–Crippen LogP) is 3.48. The van der Waals surface area contributed by atoms with Gasteiger partial charge in [0.2, 0.25) is 0 Å². The van der Waals surface area contributed by atoms with Gasteiger partial charge in [-0.3, -0.25) is 4.79 Å². The van der Waals surface area contributed by atoms with Crippen molar-refractivity contribution >= 4 is 11.0 Å². The fraction of sp³-hybridized carbons (Fsp3) is 0.118. The highest BCUT2D eigenvalue weighted by atomic mass is 16.5. The molecule has 1 N–H and O–H groups in total. The second kappa shape index (κ2) is 4.98. The first kappa shape index (κ1) is 13.2. The van der Waals surface area contributed by atoms with E-state index in [4.69, 9.17) is 9.15 Å². The number of aromatic hydroxyl groups is 1. The Kier molecular flexibility index (Phi) is 3.14. The number of methoxy groups -OCH3 is 1. The molecule has 0 saturated carbocycles. The van der Waals surface area contributed by atoms with Gasteiger partial charge in [0.1, 0.15) is 22.8 Å². The zero-order valence-electron chi connectivity index (χ0n) is 11.7. The highest BCUT2D eigenvalue weighted by Gasteiger charge is 2.13. The molecular formula is C17H14O4. The minimum absolute atomic E-state index is 0.0676. The number of hydrogen-bond donors (Lipinski definition) is 1. The number of phenols is 1. The van der Waals surface area contributed by atoms with Gasteiger partial charge in [0.05, 0.1) is 12.5 Å². The van der Waals surface area contributed by atoms with Crippen LogP contribution in [0.3, 0.4) is 0 Å². The van der Waals surface area contributed by atoms with Crippen molar-refractivity contribution in [2.24, 2.45) is 0 Å². The molecule has 4 nitrogen and oxygen atoms in total. The van der Waals surface area contributed by atoms with Crippen molar-refractivity contribution in [1.29, 1.82) is 0 Å². The van der Waals surface area contributed by atoms with Crippen LogP contribution in [0.5, 0.6) is 11.5 Å². The summed E-state index contributed by atoms with van der Waals surface area (Å²) in [5.41, 5.74) is 1.69. The minimum Gasteiger partial charge on any atom is -0.508 e. The van der Waals surface area contributed by atoms with Crippen molar-refractivity contribution in [1.82, 2.24) is 0 Å². The monoisotopic (exact) mass is 282 g/mol. The van der Waals surface area contributed by atoms with Gasteiger partial charge in [-0.25, -0.2) is 0 Å². The van der Waals surface area contributed by atoms with Crippen LogP contribution in [0, 0.1) is 6.92 Å². The van der Waals surface area contributed by atoms with Crippen LogP contribution in [0.25, 0.3) is 22.3 Å². The fourth-order valence-corrected chi connectivity index (χ4v) is 2.28. The lowest BCUT2D eigenvalue weighted by Gasteiger charge is -2.08. The van der Waals surface area contributed by atoms with Crippen LogP contribution in [0.15, 0.2) is 51.7 Å². The third-order valence-corrected chi connectivity index (χ3v) is 3.46. The van der Waals surface area contributed by atoms with Crippen molar-refractivity contribution in [3.05, 3.63) is 58.3 Å². The Hall–Kier alpha value is -2.75. The Morgan fingerprint density at radius 2 is 1.81 bits per heavy atom. The largest absolute Gasteiger partial charge is 0.508 e. The number of ether oxygens (including phenoxy) is 1. The third-order valence-electron chi connectivity index (χ3n) is 3.46. The first-order valence-electron chi connectivity index (χ1n) is 6.51. The molecule has 0 saturated heterocycles. The van der Waals surface area contributed by atoms with E-state index in [2.05, 4.69) is 0 Å². The van der Waals surface area contributed by atoms with E-state index in [1.165, 1.54) is 0 Å². The van der Waals surface area contributed by atoms with E-state index in [0.717, 1.165) is 5.56 Å². The van der Waals surface area contributed by atoms with Crippen molar-refractivity contribution in [2.75, 3.05) is 7.11 Å². The fourth-order valence-electron chi connectivity index (χ4n) is 2.28. The summed E-state index contributed by atoms with van der Waals surface area (Å²) in [5.74, 6) is 1.30. The first-order chi connectivity index (χ1) is 10.1. The molecule has 0 aliphatic carbocycles. The molecule has 0 spiro atoms. The average molecular weight is 282 g/mol. The van der Waals surface area contributed by atoms with E-state index in [9.17, 15) is 9.90 Å². The molecule has 0 fully saturated rings. The molecule has 1 aromatic heterocycles. The van der Waals surface area contributed by atoms with Gasteiger partial charge in [-0.05, 0) is 43.3 Å². The number of benzene rings is 2. The van der Waals surface area contributed by atoms with Gasteiger partial charge in [0.25, 0.3) is 0 Å². The molecule has 21 heavy (non-hydrogen) atoms. The minimum atomic E-state index is -0.0676. The molecule has 2 aromatic carbocycles. The van der Waals surface area contributed by atoms with E-state index in [0.29, 0.717) is 28.0 Å². The smallest absolute Gasteiger partial charge is 0.196 e. The highest BCUT2D eigenvalue weighted by Crippen LogP contribution is 2.28. The lowest BCUT2D eigenvalue weighted by molar-refractivity contribution is 0.414. The van der Waals surface area contributed by atoms with Gasteiger partial charge >= 0.3 is 0 Å². The van der Waals surface area contributed by atoms with Crippen LogP contribution in [-0.2, 0) is 0 Å². The molecule has 1 heterocycles. The maximum Gasteiger partial charge on any atom is 0.196 e. The lowest BCUT2D eigenvalue weighted by atomic mass is 10.1. The molecule has 0 unspecified atom stereocenters. The van der Waals surface area contributed by atoms with Crippen LogP contribution >= 0.6 is 0 Å². The Balaban J connectivity index is 2.30. The van der Waals surface area contributed by atoms with E-state index >= 15 is 0 Å². The Morgan fingerprint density at radius 3 is 2.48 bits per heavy atom. The zero-order valence-corrected chi connectivity index (χ0v) is 11.7. The molecule has 0 aliphatic heterocycles. The summed E-state index contributed by atoms with van der Waals surface area (Å²) in [7, 11) is 1.56. The van der Waals surface area contributed by atoms with E-state index in [1.807, 2.05) is 0 Å². The molecule has 3 rings (SSSR count). The third kappa shape index (κ3) is 2.25. The van der Waals surface area contributed by atoms with E-state index in [1.54, 1.807) is 56.5 Å². The highest BCUT2D eigenvalue weighted by molar-refractivity contribution is 5.81. The maximum absolute atomic E-state index is 12.4. The van der Waals surface area contributed by atoms with Crippen molar-refractivity contribution in [3.63, 3.8) is 0 Å². The maximum atomic E-state index is 12.4. The van der Waals surface area contributed by atoms with Gasteiger partial charge in [0.15, 0.2) is 5.43 Å². The van der Waals surface area contributed by atoms with E-state index in [-0.39, 0.29) is 11.2 Å². The summed E-state index contributed by atoms with van der Waals surface area (Å²) in [6.45, 7) is 1.73. The average Bonchev–Trinajstić information content (AvgIpc) is 2.51. The Bertz CT molecular complexity index is 860. The number of fused-ring (bicyclic) bond motifs is 1. The summed E-state index contributed by atoms with van der Waals surface area (Å²) in [5, 5.41) is 9.88. The zero-order chi connectivity index (χ0) is 15.0. The molecule has 0 atom stereocenters. The normalized spacial score (nSPS) is 10.8. The summed E-state index contributed by atoms with van der Waals surface area (Å²) >= 11 is 0. The van der Waals surface area contributed by atoms with Crippen molar-refractivity contribution in [3.8, 4) is 22.8 Å². The number of rotatable bonds is 2. The van der Waals surface area contributed by atoms with Gasteiger partial charge in [-0.1, -0.05) is 0 Å². The number of phenolic OH excluding ortho intramolecular Hbond substituents is 1. The molecular weight excluding hydrogens is 268 g/mol. The number of hydrogen-bond acceptors (Lipinski definition) is 4. The Labute approximate surface area is 121 Å². The van der Waals surface area contributed by atoms with Crippen LogP contribution in [0.1, 0.15) is 5.56 Å². The molecule has 0 radical (unpaired) electrons. The summed E-state index contributed by atoms with van der Waals surface area (Å²) in [6.07, 6.45) is 0. The van der Waals surface area contributed by atoms with E-state index < -0.39 is 0 Å². The predicted molar refractivity (Wildman–Crippen MR) is 80.9 cm³/mol. The summed E-state index contributed by atoms with van der Waals surface area (Å²) in [4.78, 5) is 12.4. The summed E-state index contributed by atoms with van der Waals surface area (Å²) in [6, 6.07) is 11.7. The van der Waals surface area contributed by atoms with Gasteiger partial charge < -0.3 is 14.3 Å². The Morgan fingerprint density at radius 1 is 1.10 bits per heavy atom. The lowest BCUT2D eigenvalue weighted by Crippen LogP contribution is -2.07. The van der Waals surface area contributed by atoms with Crippen molar-refractivity contribution in [2.45, 2.75) is 6.92 Å². The van der Waals surface area contributed by atoms with Crippen molar-refractivity contribution < 1.29 is 14.3 Å². The molecule has 3 aromatic rings.